The molecule has 0 heterocycles. The van der Waals surface area contributed by atoms with Gasteiger partial charge in [0.25, 0.3) is 5.91 Å². The number of hydrogen-bond donors (Lipinski definition) is 0. The number of benzene rings is 3. The number of hydrogen-bond acceptors (Lipinski definition) is 2. The Bertz CT molecular complexity index is 824. The molecule has 1 amide bonds. The Morgan fingerprint density at radius 3 is 2.04 bits per heavy atom. The van der Waals surface area contributed by atoms with Crippen molar-refractivity contribution in [3.8, 4) is 16.9 Å². The molecule has 0 aliphatic rings. The maximum absolute atomic E-state index is 12.5. The highest BCUT2D eigenvalue weighted by Crippen LogP contribution is 2.20. The normalized spacial score (nSPS) is 10.3. The third-order valence-electron chi connectivity index (χ3n) is 4.16. The van der Waals surface area contributed by atoms with Crippen molar-refractivity contribution in [2.75, 3.05) is 14.2 Å². The first-order valence-electron chi connectivity index (χ1n) is 8.21. The topological polar surface area (TPSA) is 29.5 Å². The molecule has 0 spiro atoms. The molecule has 0 atom stereocenters. The van der Waals surface area contributed by atoms with Gasteiger partial charge in [-0.1, -0.05) is 54.6 Å². The number of ether oxygens (including phenoxy) is 1. The van der Waals surface area contributed by atoms with E-state index in [1.54, 1.807) is 36.3 Å². The minimum atomic E-state index is -0.00483. The average Bonchev–Trinajstić information content (AvgIpc) is 2.68. The summed E-state index contributed by atoms with van der Waals surface area (Å²) in [5.41, 5.74) is 4.12. The van der Waals surface area contributed by atoms with E-state index in [-0.39, 0.29) is 5.91 Å². The van der Waals surface area contributed by atoms with Crippen LogP contribution in [0.5, 0.6) is 5.75 Å². The van der Waals surface area contributed by atoms with Crippen molar-refractivity contribution in [1.82, 2.24) is 4.90 Å². The lowest BCUT2D eigenvalue weighted by Crippen LogP contribution is -2.26. The van der Waals surface area contributed by atoms with Crippen molar-refractivity contribution >= 4 is 5.91 Å². The second-order valence-electron chi connectivity index (χ2n) is 5.95. The summed E-state index contributed by atoms with van der Waals surface area (Å²) in [6.45, 7) is 0.569. The van der Waals surface area contributed by atoms with Crippen LogP contribution in [-0.4, -0.2) is 25.0 Å². The summed E-state index contributed by atoms with van der Waals surface area (Å²) in [5.74, 6) is 0.741. The molecule has 126 valence electrons. The third-order valence-corrected chi connectivity index (χ3v) is 4.16. The summed E-state index contributed by atoms with van der Waals surface area (Å²) in [6.07, 6.45) is 0. The van der Waals surface area contributed by atoms with E-state index in [4.69, 9.17) is 4.74 Å². The molecule has 3 heteroatoms. The quantitative estimate of drug-likeness (QED) is 0.682. The Kier molecular flexibility index (Phi) is 5.14. The van der Waals surface area contributed by atoms with Crippen LogP contribution in [0.15, 0.2) is 78.9 Å². The van der Waals surface area contributed by atoms with Gasteiger partial charge >= 0.3 is 0 Å². The van der Waals surface area contributed by atoms with E-state index in [0.29, 0.717) is 12.1 Å². The van der Waals surface area contributed by atoms with Crippen LogP contribution in [0, 0.1) is 0 Å². The molecule has 0 saturated carbocycles. The van der Waals surface area contributed by atoms with E-state index >= 15 is 0 Å². The average molecular weight is 331 g/mol. The summed E-state index contributed by atoms with van der Waals surface area (Å²) in [4.78, 5) is 14.2. The fraction of sp³-hybridized carbons (Fsp3) is 0.136. The second kappa shape index (κ2) is 7.67. The fourth-order valence-electron chi connectivity index (χ4n) is 2.73. The zero-order chi connectivity index (χ0) is 17.6. The van der Waals surface area contributed by atoms with Crippen molar-refractivity contribution in [2.24, 2.45) is 0 Å². The molecule has 0 unspecified atom stereocenters. The SMILES string of the molecule is COc1ccc(C(=O)N(C)Cc2ccc(-c3ccccc3)cc2)cc1. The van der Waals surface area contributed by atoms with Gasteiger partial charge in [0, 0.05) is 19.2 Å². The number of methoxy groups -OCH3 is 1. The Morgan fingerprint density at radius 1 is 0.840 bits per heavy atom. The molecule has 0 aliphatic carbocycles. The van der Waals surface area contributed by atoms with Gasteiger partial charge < -0.3 is 9.64 Å². The van der Waals surface area contributed by atoms with E-state index in [0.717, 1.165) is 11.3 Å². The molecule has 0 aliphatic heterocycles. The lowest BCUT2D eigenvalue weighted by atomic mass is 10.0. The van der Waals surface area contributed by atoms with Crippen molar-refractivity contribution in [2.45, 2.75) is 6.54 Å². The van der Waals surface area contributed by atoms with Crippen LogP contribution in [0.2, 0.25) is 0 Å². The standard InChI is InChI=1S/C22H21NO2/c1-23(22(24)20-12-14-21(25-2)15-13-20)16-17-8-10-19(11-9-17)18-6-4-3-5-7-18/h3-15H,16H2,1-2H3. The van der Waals surface area contributed by atoms with Gasteiger partial charge in [0.15, 0.2) is 0 Å². The number of carbonyl (C=O) groups is 1. The predicted molar refractivity (Wildman–Crippen MR) is 101 cm³/mol. The molecule has 0 saturated heterocycles. The van der Waals surface area contributed by atoms with Crippen molar-refractivity contribution in [3.63, 3.8) is 0 Å². The molecule has 0 bridgehead atoms. The zero-order valence-corrected chi connectivity index (χ0v) is 14.5. The van der Waals surface area contributed by atoms with Crippen LogP contribution in [0.1, 0.15) is 15.9 Å². The first kappa shape index (κ1) is 16.8. The molecule has 0 aromatic heterocycles. The Labute approximate surface area is 148 Å². The van der Waals surface area contributed by atoms with E-state index in [9.17, 15) is 4.79 Å². The first-order valence-corrected chi connectivity index (χ1v) is 8.21. The molecule has 3 aromatic rings. The summed E-state index contributed by atoms with van der Waals surface area (Å²) in [5, 5.41) is 0. The largest absolute Gasteiger partial charge is 0.497 e. The van der Waals surface area contributed by atoms with Gasteiger partial charge in [-0.25, -0.2) is 0 Å². The maximum atomic E-state index is 12.5. The summed E-state index contributed by atoms with van der Waals surface area (Å²) < 4.78 is 5.13. The number of amides is 1. The molecule has 25 heavy (non-hydrogen) atoms. The molecular weight excluding hydrogens is 310 g/mol. The van der Waals surface area contributed by atoms with Gasteiger partial charge in [0.1, 0.15) is 5.75 Å². The minimum Gasteiger partial charge on any atom is -0.497 e. The highest BCUT2D eigenvalue weighted by atomic mass is 16.5. The molecule has 0 radical (unpaired) electrons. The summed E-state index contributed by atoms with van der Waals surface area (Å²) >= 11 is 0. The Hall–Kier alpha value is -3.07. The Morgan fingerprint density at radius 2 is 1.44 bits per heavy atom. The van der Waals surface area contributed by atoms with Crippen LogP contribution in [0.25, 0.3) is 11.1 Å². The van der Waals surface area contributed by atoms with Gasteiger partial charge in [-0.2, -0.15) is 0 Å². The smallest absolute Gasteiger partial charge is 0.253 e. The molecule has 3 nitrogen and oxygen atoms in total. The minimum absolute atomic E-state index is 0.00483. The Balaban J connectivity index is 1.67. The van der Waals surface area contributed by atoms with E-state index in [1.807, 2.05) is 25.2 Å². The van der Waals surface area contributed by atoms with E-state index < -0.39 is 0 Å². The lowest BCUT2D eigenvalue weighted by Gasteiger charge is -2.18. The van der Waals surface area contributed by atoms with Gasteiger partial charge in [0.2, 0.25) is 0 Å². The summed E-state index contributed by atoms with van der Waals surface area (Å²) in [6, 6.07) is 25.8. The van der Waals surface area contributed by atoms with Crippen molar-refractivity contribution in [3.05, 3.63) is 90.0 Å². The predicted octanol–water partition coefficient (Wildman–Crippen LogP) is 4.63. The van der Waals surface area contributed by atoms with Gasteiger partial charge in [0.05, 0.1) is 7.11 Å². The number of carbonyl (C=O) groups excluding carboxylic acids is 1. The highest BCUT2D eigenvalue weighted by molar-refractivity contribution is 5.94. The highest BCUT2D eigenvalue weighted by Gasteiger charge is 2.12. The molecular formula is C22H21NO2. The molecule has 0 N–H and O–H groups in total. The zero-order valence-electron chi connectivity index (χ0n) is 14.5. The fourth-order valence-corrected chi connectivity index (χ4v) is 2.73. The van der Waals surface area contributed by atoms with Crippen LogP contribution in [0.4, 0.5) is 0 Å². The summed E-state index contributed by atoms with van der Waals surface area (Å²) in [7, 11) is 3.43. The van der Waals surface area contributed by atoms with Gasteiger partial charge in [-0.05, 0) is 41.0 Å². The van der Waals surface area contributed by atoms with Crippen LogP contribution in [-0.2, 0) is 6.54 Å². The molecule has 3 aromatic carbocycles. The van der Waals surface area contributed by atoms with E-state index in [2.05, 4.69) is 36.4 Å². The monoisotopic (exact) mass is 331 g/mol. The molecule has 3 rings (SSSR count). The molecule has 0 fully saturated rings. The second-order valence-corrected chi connectivity index (χ2v) is 5.95. The third kappa shape index (κ3) is 4.07. The van der Waals surface area contributed by atoms with Crippen LogP contribution >= 0.6 is 0 Å². The van der Waals surface area contributed by atoms with E-state index in [1.165, 1.54) is 11.1 Å². The number of rotatable bonds is 5. The number of nitrogens with zero attached hydrogens (tertiary/aromatic N) is 1. The van der Waals surface area contributed by atoms with Gasteiger partial charge in [-0.15, -0.1) is 0 Å². The van der Waals surface area contributed by atoms with Crippen molar-refractivity contribution < 1.29 is 9.53 Å². The van der Waals surface area contributed by atoms with Crippen molar-refractivity contribution in [1.29, 1.82) is 0 Å². The van der Waals surface area contributed by atoms with Crippen LogP contribution in [0.3, 0.4) is 0 Å². The first-order chi connectivity index (χ1) is 12.2. The lowest BCUT2D eigenvalue weighted by molar-refractivity contribution is 0.0785. The van der Waals surface area contributed by atoms with Crippen LogP contribution < -0.4 is 4.74 Å². The van der Waals surface area contributed by atoms with Gasteiger partial charge in [-0.3, -0.25) is 4.79 Å². The maximum Gasteiger partial charge on any atom is 0.253 e.